The zero-order valence-electron chi connectivity index (χ0n) is 12.7. The second kappa shape index (κ2) is 5.30. The van der Waals surface area contributed by atoms with Gasteiger partial charge in [0.05, 0.1) is 0 Å². The van der Waals surface area contributed by atoms with Gasteiger partial charge in [-0.05, 0) is 61.5 Å². The van der Waals surface area contributed by atoms with Gasteiger partial charge in [-0.3, -0.25) is 5.10 Å². The van der Waals surface area contributed by atoms with E-state index >= 15 is 0 Å². The Balaban J connectivity index is 1.90. The van der Waals surface area contributed by atoms with Crippen LogP contribution in [0.3, 0.4) is 0 Å². The van der Waals surface area contributed by atoms with E-state index < -0.39 is 0 Å². The number of aromatic amines is 1. The number of aromatic nitrogens is 3. The van der Waals surface area contributed by atoms with Gasteiger partial charge in [-0.25, -0.2) is 9.67 Å². The molecule has 21 heavy (non-hydrogen) atoms. The van der Waals surface area contributed by atoms with Gasteiger partial charge >= 0.3 is 0 Å². The number of nitrogens with one attached hydrogen (secondary N) is 1. The van der Waals surface area contributed by atoms with Crippen molar-refractivity contribution < 1.29 is 4.74 Å². The minimum atomic E-state index is -0.131. The summed E-state index contributed by atoms with van der Waals surface area (Å²) in [5.74, 6) is 0.917. The maximum absolute atomic E-state index is 6.29. The smallest absolute Gasteiger partial charge is 0.219 e. The van der Waals surface area contributed by atoms with Crippen molar-refractivity contribution in [3.63, 3.8) is 0 Å². The predicted octanol–water partition coefficient (Wildman–Crippen LogP) is 4.33. The van der Waals surface area contributed by atoms with E-state index in [1.54, 1.807) is 6.33 Å². The second-order valence-corrected chi connectivity index (χ2v) is 6.69. The van der Waals surface area contributed by atoms with Gasteiger partial charge in [0, 0.05) is 6.42 Å². The Kier molecular flexibility index (Phi) is 3.61. The van der Waals surface area contributed by atoms with Gasteiger partial charge in [-0.2, -0.15) is 0 Å². The predicted molar refractivity (Wildman–Crippen MR) is 85.0 cm³/mol. The van der Waals surface area contributed by atoms with Crippen molar-refractivity contribution in [3.05, 3.63) is 40.4 Å². The first-order chi connectivity index (χ1) is 9.98. The monoisotopic (exact) mass is 303 g/mol. The highest BCUT2D eigenvalue weighted by molar-refractivity contribution is 7.71. The van der Waals surface area contributed by atoms with Crippen LogP contribution in [0.15, 0.2) is 24.5 Å². The SMILES string of the molecule is Cc1cccc(OC(CC2(C)CC2)n2[nH]cnc2=S)c1C. The molecule has 1 aliphatic rings. The number of benzene rings is 1. The van der Waals surface area contributed by atoms with E-state index in [1.807, 2.05) is 16.8 Å². The van der Waals surface area contributed by atoms with E-state index in [2.05, 4.69) is 36.9 Å². The summed E-state index contributed by atoms with van der Waals surface area (Å²) in [6, 6.07) is 6.14. The maximum Gasteiger partial charge on any atom is 0.219 e. The first-order valence-electron chi connectivity index (χ1n) is 7.33. The Morgan fingerprint density at radius 3 is 2.81 bits per heavy atom. The molecule has 0 amide bonds. The number of hydrogen-bond acceptors (Lipinski definition) is 3. The summed E-state index contributed by atoms with van der Waals surface area (Å²) in [6.45, 7) is 6.49. The lowest BCUT2D eigenvalue weighted by atomic mass is 10.0. The summed E-state index contributed by atoms with van der Waals surface area (Å²) in [4.78, 5) is 4.11. The van der Waals surface area contributed by atoms with Crippen LogP contribution in [-0.2, 0) is 0 Å². The molecule has 0 aliphatic heterocycles. The number of rotatable bonds is 5. The molecule has 1 aliphatic carbocycles. The Hall–Kier alpha value is -1.62. The van der Waals surface area contributed by atoms with Crippen molar-refractivity contribution >= 4 is 12.2 Å². The van der Waals surface area contributed by atoms with Crippen molar-refractivity contribution in [1.82, 2.24) is 14.8 Å². The van der Waals surface area contributed by atoms with E-state index in [1.165, 1.54) is 24.0 Å². The van der Waals surface area contributed by atoms with Gasteiger partial charge in [0.25, 0.3) is 0 Å². The standard InChI is InChI=1S/C16H21N3OS/c1-11-5-4-6-13(12(11)2)20-14(9-16(3)7-8-16)19-15(21)17-10-18-19/h4-6,10,14H,7-9H2,1-3H3,(H,17,18,21). The molecule has 1 saturated carbocycles. The summed E-state index contributed by atoms with van der Waals surface area (Å²) < 4.78 is 8.68. The lowest BCUT2D eigenvalue weighted by molar-refractivity contribution is 0.0846. The molecule has 3 rings (SSSR count). The molecule has 0 bridgehead atoms. The van der Waals surface area contributed by atoms with Crippen LogP contribution in [0.25, 0.3) is 0 Å². The fourth-order valence-corrected chi connectivity index (χ4v) is 2.72. The number of aryl methyl sites for hydroxylation is 1. The van der Waals surface area contributed by atoms with Gasteiger partial charge in [0.1, 0.15) is 12.1 Å². The Labute approximate surface area is 130 Å². The minimum absolute atomic E-state index is 0.131. The molecule has 1 fully saturated rings. The molecule has 1 atom stereocenters. The van der Waals surface area contributed by atoms with E-state index in [4.69, 9.17) is 17.0 Å². The van der Waals surface area contributed by atoms with Crippen LogP contribution in [0.4, 0.5) is 0 Å². The fourth-order valence-electron chi connectivity index (χ4n) is 2.49. The quantitative estimate of drug-likeness (QED) is 0.836. The van der Waals surface area contributed by atoms with Crippen LogP contribution < -0.4 is 4.74 Å². The Morgan fingerprint density at radius 2 is 2.19 bits per heavy atom. The molecule has 0 spiro atoms. The number of H-pyrrole nitrogens is 1. The highest BCUT2D eigenvalue weighted by Gasteiger charge is 2.40. The molecule has 0 radical (unpaired) electrons. The first-order valence-corrected chi connectivity index (χ1v) is 7.74. The summed E-state index contributed by atoms with van der Waals surface area (Å²) in [5.41, 5.74) is 2.77. The summed E-state index contributed by atoms with van der Waals surface area (Å²) in [7, 11) is 0. The van der Waals surface area contributed by atoms with Gasteiger partial charge in [0.2, 0.25) is 4.77 Å². The topological polar surface area (TPSA) is 42.8 Å². The number of nitrogens with zero attached hydrogens (tertiary/aromatic N) is 2. The van der Waals surface area contributed by atoms with Crippen molar-refractivity contribution in [1.29, 1.82) is 0 Å². The molecule has 1 aromatic heterocycles. The van der Waals surface area contributed by atoms with Gasteiger partial charge in [-0.1, -0.05) is 19.1 Å². The number of ether oxygens (including phenoxy) is 1. The molecular weight excluding hydrogens is 282 g/mol. The van der Waals surface area contributed by atoms with Gasteiger partial charge < -0.3 is 4.74 Å². The molecule has 1 N–H and O–H groups in total. The normalized spacial score (nSPS) is 17.5. The lowest BCUT2D eigenvalue weighted by Crippen LogP contribution is -2.21. The van der Waals surface area contributed by atoms with Crippen LogP contribution >= 0.6 is 12.2 Å². The average Bonchev–Trinajstić information content (AvgIpc) is 3.00. The van der Waals surface area contributed by atoms with Crippen molar-refractivity contribution in [2.75, 3.05) is 0 Å². The molecule has 1 aromatic carbocycles. The van der Waals surface area contributed by atoms with E-state index in [-0.39, 0.29) is 6.23 Å². The molecular formula is C16H21N3OS. The average molecular weight is 303 g/mol. The van der Waals surface area contributed by atoms with Crippen LogP contribution in [-0.4, -0.2) is 14.8 Å². The number of hydrogen-bond donors (Lipinski definition) is 1. The van der Waals surface area contributed by atoms with Crippen LogP contribution in [0, 0.1) is 24.0 Å². The maximum atomic E-state index is 6.29. The third-order valence-corrected chi connectivity index (χ3v) is 4.76. The van der Waals surface area contributed by atoms with E-state index in [0.717, 1.165) is 12.2 Å². The summed E-state index contributed by atoms with van der Waals surface area (Å²) >= 11 is 5.29. The minimum Gasteiger partial charge on any atom is -0.468 e. The van der Waals surface area contributed by atoms with Gasteiger partial charge in [0.15, 0.2) is 6.23 Å². The zero-order chi connectivity index (χ0) is 15.0. The molecule has 1 unspecified atom stereocenters. The molecule has 1 heterocycles. The Bertz CT molecular complexity index is 700. The molecule has 5 heteroatoms. The molecule has 0 saturated heterocycles. The third-order valence-electron chi connectivity index (χ3n) is 4.45. The van der Waals surface area contributed by atoms with Crippen LogP contribution in [0.2, 0.25) is 0 Å². The summed E-state index contributed by atoms with van der Waals surface area (Å²) in [6.07, 6.45) is 4.93. The van der Waals surface area contributed by atoms with Gasteiger partial charge in [-0.15, -0.1) is 0 Å². The molecule has 112 valence electrons. The highest BCUT2D eigenvalue weighted by atomic mass is 32.1. The van der Waals surface area contributed by atoms with E-state index in [9.17, 15) is 0 Å². The molecule has 2 aromatic rings. The lowest BCUT2D eigenvalue weighted by Gasteiger charge is -2.24. The van der Waals surface area contributed by atoms with Crippen molar-refractivity contribution in [2.24, 2.45) is 5.41 Å². The fraction of sp³-hybridized carbons (Fsp3) is 0.500. The first kappa shape index (κ1) is 14.3. The van der Waals surface area contributed by atoms with Crippen molar-refractivity contribution in [2.45, 2.75) is 46.3 Å². The highest BCUT2D eigenvalue weighted by Crippen LogP contribution is 2.51. The third kappa shape index (κ3) is 3.02. The van der Waals surface area contributed by atoms with Crippen LogP contribution in [0.5, 0.6) is 5.75 Å². The summed E-state index contributed by atoms with van der Waals surface area (Å²) in [5, 5.41) is 3.09. The largest absolute Gasteiger partial charge is 0.468 e. The van der Waals surface area contributed by atoms with E-state index in [0.29, 0.717) is 10.2 Å². The molecule has 4 nitrogen and oxygen atoms in total. The van der Waals surface area contributed by atoms with Crippen molar-refractivity contribution in [3.8, 4) is 5.75 Å². The van der Waals surface area contributed by atoms with Crippen LogP contribution in [0.1, 0.15) is 43.5 Å². The Morgan fingerprint density at radius 1 is 1.43 bits per heavy atom. The second-order valence-electron chi connectivity index (χ2n) is 6.33. The zero-order valence-corrected chi connectivity index (χ0v) is 13.5.